The van der Waals surface area contributed by atoms with Crippen molar-refractivity contribution < 1.29 is 18.3 Å². The van der Waals surface area contributed by atoms with Crippen LogP contribution in [0.3, 0.4) is 0 Å². The molecule has 9 heteroatoms. The predicted octanol–water partition coefficient (Wildman–Crippen LogP) is 4.87. The molecule has 0 saturated carbocycles. The standard InChI is InChI=1S/C22H24F2N4O2S/c1-15-4-3-5-18(14-15)28-21(27-10-12-29-13-11-27)25-26-22(28)31-16(2)17-6-8-19(9-7-17)30-20(23)24/h3-9,14,16,20H,10-13H2,1-2H3. The second-order valence-electron chi connectivity index (χ2n) is 7.26. The third kappa shape index (κ3) is 5.16. The van der Waals surface area contributed by atoms with E-state index in [9.17, 15) is 8.78 Å². The number of hydrogen-bond acceptors (Lipinski definition) is 6. The van der Waals surface area contributed by atoms with Gasteiger partial charge in [-0.1, -0.05) is 36.0 Å². The minimum absolute atomic E-state index is 0.0332. The van der Waals surface area contributed by atoms with Gasteiger partial charge in [0.1, 0.15) is 5.75 Å². The number of nitrogens with zero attached hydrogens (tertiary/aromatic N) is 4. The van der Waals surface area contributed by atoms with Gasteiger partial charge in [0.25, 0.3) is 0 Å². The van der Waals surface area contributed by atoms with Crippen LogP contribution in [0.4, 0.5) is 14.7 Å². The third-order valence-electron chi connectivity index (χ3n) is 5.03. The average Bonchev–Trinajstić information content (AvgIpc) is 3.18. The van der Waals surface area contributed by atoms with E-state index in [0.717, 1.165) is 41.0 Å². The van der Waals surface area contributed by atoms with Gasteiger partial charge in [0.15, 0.2) is 5.16 Å². The normalized spacial score (nSPS) is 15.3. The summed E-state index contributed by atoms with van der Waals surface area (Å²) in [6.45, 7) is 4.12. The maximum Gasteiger partial charge on any atom is 0.387 e. The van der Waals surface area contributed by atoms with Crippen molar-refractivity contribution in [1.29, 1.82) is 0 Å². The molecule has 2 heterocycles. The molecule has 0 amide bonds. The van der Waals surface area contributed by atoms with Crippen LogP contribution in [0.2, 0.25) is 0 Å². The number of anilines is 1. The molecule has 0 aliphatic carbocycles. The maximum atomic E-state index is 12.4. The minimum Gasteiger partial charge on any atom is -0.435 e. The molecule has 4 rings (SSSR count). The first kappa shape index (κ1) is 21.6. The van der Waals surface area contributed by atoms with Crippen LogP contribution in [0.5, 0.6) is 5.75 Å². The Balaban J connectivity index is 1.62. The number of benzene rings is 2. The van der Waals surface area contributed by atoms with Crippen molar-refractivity contribution in [1.82, 2.24) is 14.8 Å². The topological polar surface area (TPSA) is 52.4 Å². The summed E-state index contributed by atoms with van der Waals surface area (Å²) in [5, 5.41) is 9.79. The van der Waals surface area contributed by atoms with E-state index in [2.05, 4.69) is 50.4 Å². The zero-order valence-corrected chi connectivity index (χ0v) is 18.2. The van der Waals surface area contributed by atoms with Gasteiger partial charge >= 0.3 is 6.61 Å². The van der Waals surface area contributed by atoms with Crippen LogP contribution in [-0.4, -0.2) is 47.7 Å². The molecule has 1 aliphatic heterocycles. The molecule has 3 aromatic rings. The Labute approximate surface area is 184 Å². The van der Waals surface area contributed by atoms with Gasteiger partial charge in [-0.15, -0.1) is 10.2 Å². The quantitative estimate of drug-likeness (QED) is 0.483. The van der Waals surface area contributed by atoms with E-state index in [4.69, 9.17) is 4.74 Å². The van der Waals surface area contributed by atoms with Crippen molar-refractivity contribution >= 4 is 17.7 Å². The molecular weight excluding hydrogens is 422 g/mol. The number of rotatable bonds is 7. The van der Waals surface area contributed by atoms with Crippen LogP contribution in [0.15, 0.2) is 53.7 Å². The highest BCUT2D eigenvalue weighted by molar-refractivity contribution is 7.99. The van der Waals surface area contributed by atoms with Crippen LogP contribution >= 0.6 is 11.8 Å². The fraction of sp³-hybridized carbons (Fsp3) is 0.364. The van der Waals surface area contributed by atoms with Crippen LogP contribution in [0.25, 0.3) is 5.69 Å². The number of morpholine rings is 1. The zero-order valence-electron chi connectivity index (χ0n) is 17.4. The van der Waals surface area contributed by atoms with Crippen molar-refractivity contribution in [2.75, 3.05) is 31.2 Å². The Morgan fingerprint density at radius 1 is 1.06 bits per heavy atom. The fourth-order valence-electron chi connectivity index (χ4n) is 3.45. The van der Waals surface area contributed by atoms with Crippen molar-refractivity contribution in [3.05, 3.63) is 59.7 Å². The molecule has 1 saturated heterocycles. The SMILES string of the molecule is Cc1cccc(-n2c(SC(C)c3ccc(OC(F)F)cc3)nnc2N2CCOCC2)c1. The fourth-order valence-corrected chi connectivity index (χ4v) is 4.44. The molecule has 0 spiro atoms. The van der Waals surface area contributed by atoms with Crippen LogP contribution in [-0.2, 0) is 4.74 Å². The molecule has 1 aliphatic rings. The highest BCUT2D eigenvalue weighted by Crippen LogP contribution is 2.37. The molecule has 31 heavy (non-hydrogen) atoms. The Morgan fingerprint density at radius 2 is 1.81 bits per heavy atom. The van der Waals surface area contributed by atoms with Crippen molar-refractivity contribution in [3.8, 4) is 11.4 Å². The molecule has 1 unspecified atom stereocenters. The van der Waals surface area contributed by atoms with Crippen molar-refractivity contribution in [3.63, 3.8) is 0 Å². The second kappa shape index (κ2) is 9.65. The summed E-state index contributed by atoms with van der Waals surface area (Å²) in [5.41, 5.74) is 3.14. The van der Waals surface area contributed by atoms with Crippen LogP contribution in [0, 0.1) is 6.92 Å². The van der Waals surface area contributed by atoms with Gasteiger partial charge in [-0.25, -0.2) is 0 Å². The predicted molar refractivity (Wildman–Crippen MR) is 116 cm³/mol. The van der Waals surface area contributed by atoms with Gasteiger partial charge in [-0.3, -0.25) is 4.57 Å². The number of aromatic nitrogens is 3. The van der Waals surface area contributed by atoms with E-state index in [0.29, 0.717) is 13.2 Å². The summed E-state index contributed by atoms with van der Waals surface area (Å²) in [6, 6.07) is 14.9. The van der Waals surface area contributed by atoms with Gasteiger partial charge in [0, 0.05) is 18.3 Å². The highest BCUT2D eigenvalue weighted by atomic mass is 32.2. The molecule has 6 nitrogen and oxygen atoms in total. The number of alkyl halides is 2. The lowest BCUT2D eigenvalue weighted by Crippen LogP contribution is -2.37. The summed E-state index contributed by atoms with van der Waals surface area (Å²) in [5.74, 6) is 0.942. The molecular formula is C22H24F2N4O2S. The van der Waals surface area contributed by atoms with Crippen molar-refractivity contribution in [2.45, 2.75) is 30.9 Å². The third-order valence-corrected chi connectivity index (χ3v) is 6.13. The molecule has 1 fully saturated rings. The number of aryl methyl sites for hydroxylation is 1. The molecule has 1 atom stereocenters. The summed E-state index contributed by atoms with van der Waals surface area (Å²) >= 11 is 1.57. The smallest absolute Gasteiger partial charge is 0.387 e. The largest absolute Gasteiger partial charge is 0.435 e. The number of hydrogen-bond donors (Lipinski definition) is 0. The lowest BCUT2D eigenvalue weighted by atomic mass is 10.2. The van der Waals surface area contributed by atoms with Crippen LogP contribution < -0.4 is 9.64 Å². The van der Waals surface area contributed by atoms with E-state index in [1.807, 2.05) is 12.1 Å². The number of halogens is 2. The van der Waals surface area contributed by atoms with Gasteiger partial charge in [0.05, 0.1) is 18.9 Å². The number of ether oxygens (including phenoxy) is 2. The van der Waals surface area contributed by atoms with Gasteiger partial charge in [-0.2, -0.15) is 8.78 Å². The molecule has 2 aromatic carbocycles. The molecule has 0 N–H and O–H groups in total. The summed E-state index contributed by atoms with van der Waals surface area (Å²) in [7, 11) is 0. The first-order valence-corrected chi connectivity index (χ1v) is 11.0. The monoisotopic (exact) mass is 446 g/mol. The first-order valence-electron chi connectivity index (χ1n) is 10.1. The van der Waals surface area contributed by atoms with Crippen molar-refractivity contribution in [2.24, 2.45) is 0 Å². The zero-order chi connectivity index (χ0) is 21.8. The lowest BCUT2D eigenvalue weighted by Gasteiger charge is -2.28. The van der Waals surface area contributed by atoms with E-state index < -0.39 is 6.61 Å². The Morgan fingerprint density at radius 3 is 2.48 bits per heavy atom. The Bertz CT molecular complexity index is 1010. The molecule has 164 valence electrons. The first-order chi connectivity index (χ1) is 15.0. The maximum absolute atomic E-state index is 12.4. The summed E-state index contributed by atoms with van der Waals surface area (Å²) in [6.07, 6.45) is 0. The van der Waals surface area contributed by atoms with Gasteiger partial charge in [0.2, 0.25) is 5.95 Å². The number of thioether (sulfide) groups is 1. The highest BCUT2D eigenvalue weighted by Gasteiger charge is 2.23. The van der Waals surface area contributed by atoms with E-state index >= 15 is 0 Å². The molecule has 1 aromatic heterocycles. The van der Waals surface area contributed by atoms with Crippen LogP contribution in [0.1, 0.15) is 23.3 Å². The minimum atomic E-state index is -2.83. The lowest BCUT2D eigenvalue weighted by molar-refractivity contribution is -0.0498. The Hall–Kier alpha value is -2.65. The van der Waals surface area contributed by atoms with Gasteiger partial charge < -0.3 is 14.4 Å². The summed E-state index contributed by atoms with van der Waals surface area (Å²) in [4.78, 5) is 2.18. The molecule has 0 bridgehead atoms. The van der Waals surface area contributed by atoms with E-state index in [1.165, 1.54) is 0 Å². The summed E-state index contributed by atoms with van der Waals surface area (Å²) < 4.78 is 36.8. The average molecular weight is 447 g/mol. The Kier molecular flexibility index (Phi) is 6.72. The molecule has 0 radical (unpaired) electrons. The van der Waals surface area contributed by atoms with E-state index in [-0.39, 0.29) is 11.0 Å². The van der Waals surface area contributed by atoms with Gasteiger partial charge in [-0.05, 0) is 49.2 Å². The second-order valence-corrected chi connectivity index (χ2v) is 8.57. The van der Waals surface area contributed by atoms with E-state index in [1.54, 1.807) is 36.0 Å².